The van der Waals surface area contributed by atoms with Crippen molar-refractivity contribution in [2.24, 2.45) is 0 Å². The van der Waals surface area contributed by atoms with Crippen molar-refractivity contribution in [2.75, 3.05) is 0 Å². The van der Waals surface area contributed by atoms with E-state index >= 15 is 0 Å². The third-order valence-electron chi connectivity index (χ3n) is 1.24. The van der Waals surface area contributed by atoms with Crippen LogP contribution in [0.2, 0.25) is 0 Å². The Kier molecular flexibility index (Phi) is 2.71. The number of fused-ring (bicyclic) bond motifs is 1. The van der Waals surface area contributed by atoms with Crippen molar-refractivity contribution in [1.82, 2.24) is 19.9 Å². The molecule has 0 saturated heterocycles. The van der Waals surface area contributed by atoms with Gasteiger partial charge >= 0.3 is 0 Å². The molecule has 52 valence electrons. The minimum atomic E-state index is 0. The molecule has 0 aliphatic carbocycles. The number of hydrogen-bond donors (Lipinski definition) is 2. The summed E-state index contributed by atoms with van der Waals surface area (Å²) in [6.07, 6.45) is 3.12. The van der Waals surface area contributed by atoms with Crippen molar-refractivity contribution >= 4 is 23.4 Å². The topological polar surface area (TPSA) is 57.4 Å². The third kappa shape index (κ3) is 1.48. The molecular weight excluding hydrogens is 261 g/mol. The molecule has 2 N–H and O–H groups in total. The molecule has 0 aliphatic rings. The van der Waals surface area contributed by atoms with Crippen molar-refractivity contribution < 1.29 is 27.3 Å². The molecule has 4 nitrogen and oxygen atoms in total. The Bertz CT molecular complexity index is 406. The summed E-state index contributed by atoms with van der Waals surface area (Å²) >= 11 is 4.91. The van der Waals surface area contributed by atoms with Crippen LogP contribution in [0, 0.1) is 4.64 Å². The number of imidazole rings is 1. The zero-order valence-electron chi connectivity index (χ0n) is 5.66. The summed E-state index contributed by atoms with van der Waals surface area (Å²) in [7, 11) is 0. The van der Waals surface area contributed by atoms with Crippen molar-refractivity contribution in [3.8, 4) is 0 Å². The second kappa shape index (κ2) is 3.39. The Balaban J connectivity index is 0.000000605. The maximum atomic E-state index is 4.91. The fourth-order valence-corrected chi connectivity index (χ4v) is 0.992. The molecule has 2 heterocycles. The molecule has 0 saturated carbocycles. The average Bonchev–Trinajstić information content (AvgIpc) is 2.36. The van der Waals surface area contributed by atoms with Crippen LogP contribution in [0.3, 0.4) is 0 Å². The fourth-order valence-electron chi connectivity index (χ4n) is 0.783. The molecule has 0 amide bonds. The van der Waals surface area contributed by atoms with Gasteiger partial charge in [-0.3, -0.25) is 0 Å². The van der Waals surface area contributed by atoms with Crippen molar-refractivity contribution in [2.45, 2.75) is 0 Å². The van der Waals surface area contributed by atoms with Gasteiger partial charge in [0.2, 0.25) is 0 Å². The SMILES string of the molecule is S=c1nc[nH]c2nc[nH]c12.[Cd]. The van der Waals surface area contributed by atoms with Gasteiger partial charge in [0.25, 0.3) is 0 Å². The first kappa shape index (κ1) is 8.79. The molecule has 6 heteroatoms. The molecule has 2 aromatic heterocycles. The number of aromatic nitrogens is 4. The molecule has 0 fully saturated rings. The van der Waals surface area contributed by atoms with Gasteiger partial charge < -0.3 is 9.97 Å². The van der Waals surface area contributed by atoms with Crippen molar-refractivity contribution in [3.63, 3.8) is 0 Å². The third-order valence-corrected chi connectivity index (χ3v) is 1.55. The molecular formula is C5H4CdN4S. The van der Waals surface area contributed by atoms with Crippen LogP contribution in [0.4, 0.5) is 0 Å². The first-order chi connectivity index (χ1) is 4.88. The maximum Gasteiger partial charge on any atom is 0.159 e. The average molecular weight is 265 g/mol. The van der Waals surface area contributed by atoms with Gasteiger partial charge in [-0.2, -0.15) is 0 Å². The van der Waals surface area contributed by atoms with E-state index in [1.165, 1.54) is 6.33 Å². The van der Waals surface area contributed by atoms with E-state index in [0.717, 1.165) is 11.2 Å². The van der Waals surface area contributed by atoms with Gasteiger partial charge in [-0.05, 0) is 0 Å². The second-order valence-electron chi connectivity index (χ2n) is 1.83. The van der Waals surface area contributed by atoms with E-state index in [-0.39, 0.29) is 27.3 Å². The van der Waals surface area contributed by atoms with Gasteiger partial charge in [0.05, 0.1) is 12.7 Å². The summed E-state index contributed by atoms with van der Waals surface area (Å²) in [5.74, 6) is 0. The molecule has 0 aromatic carbocycles. The van der Waals surface area contributed by atoms with Crippen LogP contribution < -0.4 is 0 Å². The largest absolute Gasteiger partial charge is 0.341 e. The number of rotatable bonds is 0. The predicted molar refractivity (Wildman–Crippen MR) is 39.1 cm³/mol. The van der Waals surface area contributed by atoms with E-state index in [9.17, 15) is 0 Å². The van der Waals surface area contributed by atoms with Gasteiger partial charge in [-0.1, -0.05) is 12.2 Å². The first-order valence-electron chi connectivity index (χ1n) is 2.75. The van der Waals surface area contributed by atoms with Gasteiger partial charge in [-0.25, -0.2) is 9.97 Å². The number of aromatic amines is 2. The van der Waals surface area contributed by atoms with Gasteiger partial charge in [0.1, 0.15) is 5.52 Å². The summed E-state index contributed by atoms with van der Waals surface area (Å²) in [6, 6.07) is 0. The van der Waals surface area contributed by atoms with E-state index in [0.29, 0.717) is 4.64 Å². The summed E-state index contributed by atoms with van der Waals surface area (Å²) in [6.45, 7) is 0. The molecule has 11 heavy (non-hydrogen) atoms. The summed E-state index contributed by atoms with van der Waals surface area (Å²) in [5, 5.41) is 0. The number of nitrogens with zero attached hydrogens (tertiary/aromatic N) is 2. The number of H-pyrrole nitrogens is 2. The molecule has 0 unspecified atom stereocenters. The summed E-state index contributed by atoms with van der Waals surface area (Å²) in [5.41, 5.74) is 1.54. The van der Waals surface area contributed by atoms with E-state index in [1.54, 1.807) is 6.33 Å². The monoisotopic (exact) mass is 266 g/mol. The number of nitrogens with one attached hydrogen (secondary N) is 2. The second-order valence-corrected chi connectivity index (χ2v) is 2.22. The molecule has 0 bridgehead atoms. The number of hydrogen-bond acceptors (Lipinski definition) is 3. The quantitative estimate of drug-likeness (QED) is 0.552. The van der Waals surface area contributed by atoms with Crippen LogP contribution in [0.25, 0.3) is 11.2 Å². The molecule has 0 spiro atoms. The van der Waals surface area contributed by atoms with Gasteiger partial charge in [0, 0.05) is 27.3 Å². The summed E-state index contributed by atoms with van der Waals surface area (Å²) < 4.78 is 0.547. The Morgan fingerprint density at radius 1 is 1.18 bits per heavy atom. The Morgan fingerprint density at radius 2 is 1.91 bits per heavy atom. The molecule has 0 radical (unpaired) electrons. The molecule has 2 rings (SSSR count). The van der Waals surface area contributed by atoms with Crippen LogP contribution in [0.5, 0.6) is 0 Å². The van der Waals surface area contributed by atoms with E-state index in [4.69, 9.17) is 12.2 Å². The fraction of sp³-hybridized carbons (Fsp3) is 0. The summed E-state index contributed by atoms with van der Waals surface area (Å²) in [4.78, 5) is 13.6. The van der Waals surface area contributed by atoms with Crippen LogP contribution >= 0.6 is 12.2 Å². The van der Waals surface area contributed by atoms with Crippen LogP contribution in [-0.2, 0) is 27.3 Å². The Morgan fingerprint density at radius 3 is 2.64 bits per heavy atom. The molecule has 2 aromatic rings. The Hall–Kier alpha value is -0.308. The van der Waals surface area contributed by atoms with Gasteiger partial charge in [-0.15, -0.1) is 0 Å². The first-order valence-corrected chi connectivity index (χ1v) is 3.15. The predicted octanol–water partition coefficient (Wildman–Crippen LogP) is 1.01. The minimum Gasteiger partial charge on any atom is -0.341 e. The van der Waals surface area contributed by atoms with Gasteiger partial charge in [0.15, 0.2) is 10.3 Å². The van der Waals surface area contributed by atoms with E-state index in [1.807, 2.05) is 0 Å². The van der Waals surface area contributed by atoms with Crippen LogP contribution in [0.1, 0.15) is 0 Å². The molecule has 0 atom stereocenters. The standard InChI is InChI=1S/C5H4N4S.Cd/c10-5-3-4(7-1-6-3)8-2-9-5;/h1-2H,(H2,6,7,8,9,10);. The maximum absolute atomic E-state index is 4.91. The minimum absolute atomic E-state index is 0. The zero-order chi connectivity index (χ0) is 6.97. The van der Waals surface area contributed by atoms with Crippen LogP contribution in [-0.4, -0.2) is 19.9 Å². The normalized spacial score (nSPS) is 9.45. The zero-order valence-corrected chi connectivity index (χ0v) is 10.5. The van der Waals surface area contributed by atoms with E-state index < -0.39 is 0 Å². The van der Waals surface area contributed by atoms with Crippen LogP contribution in [0.15, 0.2) is 12.7 Å². The van der Waals surface area contributed by atoms with Crippen molar-refractivity contribution in [1.29, 1.82) is 0 Å². The Labute approximate surface area is 87.6 Å². The molecule has 0 aliphatic heterocycles. The smallest absolute Gasteiger partial charge is 0.159 e. The van der Waals surface area contributed by atoms with E-state index in [2.05, 4.69) is 19.9 Å². The van der Waals surface area contributed by atoms with Crippen molar-refractivity contribution in [3.05, 3.63) is 17.3 Å².